The van der Waals surface area contributed by atoms with E-state index < -0.39 is 0 Å². The first-order valence-electron chi connectivity index (χ1n) is 8.05. The molecule has 1 saturated heterocycles. The average molecular weight is 299 g/mol. The Balaban J connectivity index is 2.66. The smallest absolute Gasteiger partial charge is 0.273 e. The molecule has 1 atom stereocenters. The Kier molecular flexibility index (Phi) is 7.63. The summed E-state index contributed by atoms with van der Waals surface area (Å²) < 4.78 is 0. The molecule has 1 rings (SSSR count). The lowest BCUT2D eigenvalue weighted by Crippen LogP contribution is -2.49. The zero-order chi connectivity index (χ0) is 15.0. The van der Waals surface area contributed by atoms with Gasteiger partial charge in [-0.1, -0.05) is 70.6 Å². The van der Waals surface area contributed by atoms with Crippen molar-refractivity contribution in [3.8, 4) is 0 Å². The summed E-state index contributed by atoms with van der Waals surface area (Å²) in [4.78, 5) is 25.6. The molecule has 4 heteroatoms. The number of amides is 2. The van der Waals surface area contributed by atoms with E-state index in [2.05, 4.69) is 20.8 Å². The Morgan fingerprint density at radius 2 is 1.55 bits per heavy atom. The summed E-state index contributed by atoms with van der Waals surface area (Å²) in [6, 6.07) is 0. The van der Waals surface area contributed by atoms with E-state index in [0.29, 0.717) is 5.75 Å². The van der Waals surface area contributed by atoms with Crippen LogP contribution < -0.4 is 0 Å². The second-order valence-corrected chi connectivity index (χ2v) is 6.98. The largest absolute Gasteiger partial charge is 0.289 e. The molecule has 1 unspecified atom stereocenters. The van der Waals surface area contributed by atoms with Crippen LogP contribution in [0.3, 0.4) is 0 Å². The fraction of sp³-hybridized carbons (Fsp3) is 0.875. The summed E-state index contributed by atoms with van der Waals surface area (Å²) in [6.45, 7) is 6.49. The van der Waals surface area contributed by atoms with Crippen LogP contribution in [-0.2, 0) is 4.79 Å². The van der Waals surface area contributed by atoms with Gasteiger partial charge in [0, 0.05) is 5.54 Å². The van der Waals surface area contributed by atoms with E-state index in [1.807, 2.05) is 0 Å². The molecule has 0 aromatic rings. The molecule has 1 fully saturated rings. The summed E-state index contributed by atoms with van der Waals surface area (Å²) >= 11 is 1.16. The molecule has 0 spiro atoms. The molecule has 116 valence electrons. The van der Waals surface area contributed by atoms with Gasteiger partial charge in [0.05, 0.1) is 5.75 Å². The van der Waals surface area contributed by atoms with Crippen molar-refractivity contribution in [3.05, 3.63) is 0 Å². The molecule has 1 aliphatic rings. The van der Waals surface area contributed by atoms with E-state index in [1.54, 1.807) is 4.90 Å². The first-order chi connectivity index (χ1) is 9.55. The topological polar surface area (TPSA) is 37.4 Å². The van der Waals surface area contributed by atoms with Gasteiger partial charge in [0.1, 0.15) is 0 Å². The summed E-state index contributed by atoms with van der Waals surface area (Å²) in [5.74, 6) is 0.339. The number of rotatable bonds is 10. The molecule has 0 aromatic heterocycles. The molecule has 1 aliphatic heterocycles. The monoisotopic (exact) mass is 299 g/mol. The Morgan fingerprint density at radius 3 is 2.05 bits per heavy atom. The van der Waals surface area contributed by atoms with E-state index in [9.17, 15) is 9.59 Å². The number of carbonyl (C=O) groups excluding carboxylic acids is 2. The molecule has 0 aliphatic carbocycles. The van der Waals surface area contributed by atoms with Crippen LogP contribution >= 0.6 is 11.8 Å². The van der Waals surface area contributed by atoms with Gasteiger partial charge in [-0.05, 0) is 19.8 Å². The highest BCUT2D eigenvalue weighted by molar-refractivity contribution is 8.14. The van der Waals surface area contributed by atoms with Crippen molar-refractivity contribution in [3.63, 3.8) is 0 Å². The van der Waals surface area contributed by atoms with Gasteiger partial charge in [-0.2, -0.15) is 0 Å². The first-order valence-corrected chi connectivity index (χ1v) is 9.03. The third-order valence-electron chi connectivity index (χ3n) is 4.18. The lowest BCUT2D eigenvalue weighted by Gasteiger charge is -2.37. The Bertz CT molecular complexity index is 316. The lowest BCUT2D eigenvalue weighted by molar-refractivity contribution is -0.129. The van der Waals surface area contributed by atoms with Crippen LogP contribution in [0.5, 0.6) is 0 Å². The van der Waals surface area contributed by atoms with Gasteiger partial charge in [0.15, 0.2) is 0 Å². The van der Waals surface area contributed by atoms with E-state index in [-0.39, 0.29) is 16.7 Å². The van der Waals surface area contributed by atoms with Crippen LogP contribution in [0.2, 0.25) is 0 Å². The van der Waals surface area contributed by atoms with Gasteiger partial charge in [-0.15, -0.1) is 0 Å². The summed E-state index contributed by atoms with van der Waals surface area (Å²) in [6.07, 6.45) is 10.1. The molecule has 0 N–H and O–H groups in total. The van der Waals surface area contributed by atoms with Crippen LogP contribution in [0.25, 0.3) is 0 Å². The molecule has 20 heavy (non-hydrogen) atoms. The average Bonchev–Trinajstić information content (AvgIpc) is 2.75. The Labute approximate surface area is 127 Å². The highest BCUT2D eigenvalue weighted by Gasteiger charge is 2.42. The predicted molar refractivity (Wildman–Crippen MR) is 86.0 cm³/mol. The van der Waals surface area contributed by atoms with E-state index in [1.165, 1.54) is 32.1 Å². The minimum absolute atomic E-state index is 0.00879. The Morgan fingerprint density at radius 1 is 1.00 bits per heavy atom. The fourth-order valence-corrected chi connectivity index (χ4v) is 3.74. The maximum atomic E-state index is 12.0. The molecule has 2 amide bonds. The lowest BCUT2D eigenvalue weighted by atomic mass is 9.86. The van der Waals surface area contributed by atoms with Crippen molar-refractivity contribution in [2.24, 2.45) is 0 Å². The number of imide groups is 1. The van der Waals surface area contributed by atoms with Crippen LogP contribution in [-0.4, -0.2) is 27.3 Å². The number of hydrogen-bond donors (Lipinski definition) is 0. The molecule has 0 bridgehead atoms. The van der Waals surface area contributed by atoms with Crippen LogP contribution in [0, 0.1) is 0 Å². The molecule has 0 radical (unpaired) electrons. The standard InChI is InChI=1S/C16H29NO2S/c1-4-6-8-10-12-16(3,11-9-7-5-2)17-14(18)13-20-15(17)19/h4-13H2,1-3H3. The zero-order valence-corrected chi connectivity index (χ0v) is 14.1. The molecular formula is C16H29NO2S. The number of hydrogen-bond acceptors (Lipinski definition) is 3. The molecule has 0 aromatic carbocycles. The van der Waals surface area contributed by atoms with Gasteiger partial charge >= 0.3 is 0 Å². The maximum Gasteiger partial charge on any atom is 0.289 e. The minimum atomic E-state index is -0.263. The van der Waals surface area contributed by atoms with E-state index in [0.717, 1.165) is 37.4 Å². The number of thioether (sulfide) groups is 1. The van der Waals surface area contributed by atoms with Crippen molar-refractivity contribution < 1.29 is 9.59 Å². The second-order valence-electron chi connectivity index (χ2n) is 6.05. The Hall–Kier alpha value is -0.510. The van der Waals surface area contributed by atoms with Crippen molar-refractivity contribution in [1.82, 2.24) is 4.90 Å². The van der Waals surface area contributed by atoms with Gasteiger partial charge in [0.25, 0.3) is 5.24 Å². The molecule has 1 heterocycles. The first kappa shape index (κ1) is 17.5. The second kappa shape index (κ2) is 8.71. The summed E-state index contributed by atoms with van der Waals surface area (Å²) in [5, 5.41) is -0.0375. The quantitative estimate of drug-likeness (QED) is 0.533. The van der Waals surface area contributed by atoms with E-state index >= 15 is 0 Å². The van der Waals surface area contributed by atoms with Gasteiger partial charge < -0.3 is 0 Å². The van der Waals surface area contributed by atoms with Crippen LogP contribution in [0.15, 0.2) is 0 Å². The molecule has 3 nitrogen and oxygen atoms in total. The SMILES string of the molecule is CCCCCCC(C)(CCCCC)N1C(=O)CSC1=O. The predicted octanol–water partition coefficient (Wildman–Crippen LogP) is 4.99. The number of unbranched alkanes of at least 4 members (excludes halogenated alkanes) is 5. The van der Waals surface area contributed by atoms with Gasteiger partial charge in [0.2, 0.25) is 5.91 Å². The summed E-state index contributed by atoms with van der Waals surface area (Å²) in [7, 11) is 0. The number of nitrogens with zero attached hydrogens (tertiary/aromatic N) is 1. The highest BCUT2D eigenvalue weighted by atomic mass is 32.2. The van der Waals surface area contributed by atoms with Crippen molar-refractivity contribution in [1.29, 1.82) is 0 Å². The van der Waals surface area contributed by atoms with Crippen molar-refractivity contribution in [2.75, 3.05) is 5.75 Å². The van der Waals surface area contributed by atoms with Gasteiger partial charge in [-0.3, -0.25) is 14.5 Å². The van der Waals surface area contributed by atoms with Crippen molar-refractivity contribution in [2.45, 2.75) is 84.1 Å². The highest BCUT2D eigenvalue weighted by Crippen LogP contribution is 2.35. The third-order valence-corrected chi connectivity index (χ3v) is 5.00. The fourth-order valence-electron chi connectivity index (χ4n) is 2.91. The van der Waals surface area contributed by atoms with Crippen molar-refractivity contribution >= 4 is 22.9 Å². The zero-order valence-electron chi connectivity index (χ0n) is 13.2. The maximum absolute atomic E-state index is 12.0. The van der Waals surface area contributed by atoms with Gasteiger partial charge in [-0.25, -0.2) is 0 Å². The summed E-state index contributed by atoms with van der Waals surface area (Å²) in [5.41, 5.74) is -0.263. The molecular weight excluding hydrogens is 270 g/mol. The normalized spacial score (nSPS) is 18.6. The van der Waals surface area contributed by atoms with E-state index in [4.69, 9.17) is 0 Å². The number of carbonyl (C=O) groups is 2. The van der Waals surface area contributed by atoms with Crippen LogP contribution in [0.4, 0.5) is 4.79 Å². The van der Waals surface area contributed by atoms with Crippen LogP contribution in [0.1, 0.15) is 78.6 Å². The third kappa shape index (κ3) is 4.80. The molecule has 0 saturated carbocycles. The minimum Gasteiger partial charge on any atom is -0.273 e.